The molecule has 0 radical (unpaired) electrons. The first kappa shape index (κ1) is 31.7. The maximum Gasteiger partial charge on any atom is 0.271 e. The van der Waals surface area contributed by atoms with E-state index < -0.39 is 11.7 Å². The van der Waals surface area contributed by atoms with Crippen molar-refractivity contribution in [3.8, 4) is 28.5 Å². The number of halogens is 1. The van der Waals surface area contributed by atoms with Gasteiger partial charge < -0.3 is 29.8 Å². The van der Waals surface area contributed by atoms with Crippen molar-refractivity contribution in [1.29, 1.82) is 0 Å². The van der Waals surface area contributed by atoms with Gasteiger partial charge in [0.1, 0.15) is 34.2 Å². The summed E-state index contributed by atoms with van der Waals surface area (Å²) in [6.45, 7) is 2.60. The Balaban J connectivity index is 1.09. The lowest BCUT2D eigenvalue weighted by molar-refractivity contribution is 0.0888. The van der Waals surface area contributed by atoms with E-state index in [1.807, 2.05) is 72.9 Å². The van der Waals surface area contributed by atoms with E-state index in [4.69, 9.17) is 4.74 Å². The number of aromatic nitrogens is 3. The Kier molecular flexibility index (Phi) is 9.17. The SMILES string of the molecule is Cc1ccc2nc(C(=O)NC3CCC(NC(=O)c4cc(F)cnc4Oc4cccc(-c5ccc(O)cc5CN(C)C)c4)CC3)cn2c1. The molecule has 1 saturated carbocycles. The van der Waals surface area contributed by atoms with Crippen molar-refractivity contribution in [1.82, 2.24) is 29.9 Å². The predicted molar refractivity (Wildman–Crippen MR) is 176 cm³/mol. The molecule has 0 bridgehead atoms. The first-order valence-corrected chi connectivity index (χ1v) is 15.6. The van der Waals surface area contributed by atoms with Gasteiger partial charge in [0, 0.05) is 31.0 Å². The number of carbonyl (C=O) groups is 2. The molecule has 2 amide bonds. The van der Waals surface area contributed by atoms with Crippen LogP contribution in [-0.4, -0.2) is 62.4 Å². The second kappa shape index (κ2) is 13.6. The summed E-state index contributed by atoms with van der Waals surface area (Å²) < 4.78 is 22.2. The minimum absolute atomic E-state index is 0.00848. The van der Waals surface area contributed by atoms with Gasteiger partial charge in [-0.25, -0.2) is 14.4 Å². The van der Waals surface area contributed by atoms with Crippen LogP contribution in [-0.2, 0) is 6.54 Å². The number of phenols is 1. The van der Waals surface area contributed by atoms with E-state index in [9.17, 15) is 19.1 Å². The summed E-state index contributed by atoms with van der Waals surface area (Å²) in [4.78, 5) is 36.8. The molecule has 1 aliphatic rings. The Labute approximate surface area is 272 Å². The second-order valence-electron chi connectivity index (χ2n) is 12.3. The number of fused-ring (bicyclic) bond motifs is 1. The Hall–Kier alpha value is -5.29. The molecule has 3 N–H and O–H groups in total. The van der Waals surface area contributed by atoms with Crippen LogP contribution >= 0.6 is 0 Å². The van der Waals surface area contributed by atoms with Gasteiger partial charge in [-0.2, -0.15) is 0 Å². The largest absolute Gasteiger partial charge is 0.508 e. The van der Waals surface area contributed by atoms with E-state index >= 15 is 0 Å². The number of imidazole rings is 1. The summed E-state index contributed by atoms with van der Waals surface area (Å²) in [5, 5.41) is 16.1. The van der Waals surface area contributed by atoms with Crippen LogP contribution in [0.5, 0.6) is 17.4 Å². The first-order valence-electron chi connectivity index (χ1n) is 15.6. The number of benzene rings is 2. The fraction of sp³-hybridized carbons (Fsp3) is 0.278. The third-order valence-electron chi connectivity index (χ3n) is 8.23. The van der Waals surface area contributed by atoms with Crippen LogP contribution in [0.3, 0.4) is 0 Å². The number of rotatable bonds is 9. The molecule has 47 heavy (non-hydrogen) atoms. The lowest BCUT2D eigenvalue weighted by Crippen LogP contribution is -2.44. The molecule has 2 aromatic carbocycles. The fourth-order valence-corrected chi connectivity index (χ4v) is 5.96. The topological polar surface area (TPSA) is 121 Å². The molecular formula is C36H37FN6O4. The first-order chi connectivity index (χ1) is 22.6. The normalized spacial score (nSPS) is 16.3. The van der Waals surface area contributed by atoms with Gasteiger partial charge in [-0.15, -0.1) is 0 Å². The third kappa shape index (κ3) is 7.58. The van der Waals surface area contributed by atoms with E-state index in [-0.39, 0.29) is 35.2 Å². The van der Waals surface area contributed by atoms with Gasteiger partial charge >= 0.3 is 0 Å². The maximum absolute atomic E-state index is 14.3. The van der Waals surface area contributed by atoms with Gasteiger partial charge in [0.25, 0.3) is 11.8 Å². The second-order valence-corrected chi connectivity index (χ2v) is 12.3. The van der Waals surface area contributed by atoms with Crippen molar-refractivity contribution in [3.05, 3.63) is 107 Å². The minimum atomic E-state index is -0.651. The summed E-state index contributed by atoms with van der Waals surface area (Å²) in [5.41, 5.74) is 4.85. The number of hydrogen-bond donors (Lipinski definition) is 3. The molecule has 1 fully saturated rings. The number of amides is 2. The van der Waals surface area contributed by atoms with Gasteiger partial charge in [0.15, 0.2) is 0 Å². The summed E-state index contributed by atoms with van der Waals surface area (Å²) in [7, 11) is 3.91. The fourth-order valence-electron chi connectivity index (χ4n) is 5.96. The Morgan fingerprint density at radius 3 is 2.47 bits per heavy atom. The highest BCUT2D eigenvalue weighted by Crippen LogP contribution is 2.32. The Morgan fingerprint density at radius 2 is 1.72 bits per heavy atom. The van der Waals surface area contributed by atoms with Crippen molar-refractivity contribution in [2.24, 2.45) is 0 Å². The van der Waals surface area contributed by atoms with Crippen LogP contribution in [0.2, 0.25) is 0 Å². The zero-order valence-corrected chi connectivity index (χ0v) is 26.5. The van der Waals surface area contributed by atoms with Crippen LogP contribution in [0.1, 0.15) is 57.7 Å². The average Bonchev–Trinajstić information content (AvgIpc) is 3.46. The lowest BCUT2D eigenvalue weighted by atomic mass is 9.91. The van der Waals surface area contributed by atoms with Crippen molar-refractivity contribution in [3.63, 3.8) is 0 Å². The Bertz CT molecular complexity index is 1930. The molecule has 10 nitrogen and oxygen atoms in total. The molecule has 5 aromatic rings. The lowest BCUT2D eigenvalue weighted by Gasteiger charge is -2.29. The molecule has 0 atom stereocenters. The zero-order valence-electron chi connectivity index (χ0n) is 26.5. The average molecular weight is 637 g/mol. The van der Waals surface area contributed by atoms with E-state index in [2.05, 4.69) is 20.6 Å². The molecule has 3 heterocycles. The number of hydrogen-bond acceptors (Lipinski definition) is 7. The van der Waals surface area contributed by atoms with Crippen LogP contribution in [0, 0.1) is 12.7 Å². The molecule has 1 aliphatic carbocycles. The van der Waals surface area contributed by atoms with Gasteiger partial charge in [-0.3, -0.25) is 9.59 Å². The number of pyridine rings is 2. The molecule has 0 unspecified atom stereocenters. The summed E-state index contributed by atoms with van der Waals surface area (Å²) in [5.74, 6) is -0.763. The molecular weight excluding hydrogens is 599 g/mol. The molecule has 242 valence electrons. The van der Waals surface area contributed by atoms with Crippen LogP contribution in [0.15, 0.2) is 79.3 Å². The van der Waals surface area contributed by atoms with Gasteiger partial charge in [-0.05, 0) is 105 Å². The van der Waals surface area contributed by atoms with Gasteiger partial charge in [0.2, 0.25) is 5.88 Å². The minimum Gasteiger partial charge on any atom is -0.508 e. The van der Waals surface area contributed by atoms with Crippen molar-refractivity contribution >= 4 is 17.5 Å². The van der Waals surface area contributed by atoms with Gasteiger partial charge in [-0.1, -0.05) is 24.3 Å². The molecule has 0 aliphatic heterocycles. The van der Waals surface area contributed by atoms with Crippen molar-refractivity contribution in [2.45, 2.75) is 51.2 Å². The summed E-state index contributed by atoms with van der Waals surface area (Å²) in [6, 6.07) is 17.3. The van der Waals surface area contributed by atoms with E-state index in [1.54, 1.807) is 24.4 Å². The van der Waals surface area contributed by atoms with Crippen molar-refractivity contribution < 1.29 is 23.8 Å². The number of nitrogens with zero attached hydrogens (tertiary/aromatic N) is 4. The molecule has 0 saturated heterocycles. The highest BCUT2D eigenvalue weighted by Gasteiger charge is 2.26. The molecule has 3 aromatic heterocycles. The summed E-state index contributed by atoms with van der Waals surface area (Å²) in [6.07, 6.45) is 7.30. The van der Waals surface area contributed by atoms with E-state index in [0.29, 0.717) is 49.3 Å². The van der Waals surface area contributed by atoms with Gasteiger partial charge in [0.05, 0.1) is 6.20 Å². The quantitative estimate of drug-likeness (QED) is 0.185. The predicted octanol–water partition coefficient (Wildman–Crippen LogP) is 5.87. The van der Waals surface area contributed by atoms with Crippen LogP contribution < -0.4 is 15.4 Å². The summed E-state index contributed by atoms with van der Waals surface area (Å²) >= 11 is 0. The van der Waals surface area contributed by atoms with E-state index in [0.717, 1.165) is 34.5 Å². The van der Waals surface area contributed by atoms with Crippen LogP contribution in [0.4, 0.5) is 4.39 Å². The standard InChI is InChI=1S/C36H37FN6O4/c1-22-7-14-33-41-32(21-43(33)19-22)35(46)40-27-10-8-26(9-11-27)39-34(45)31-17-25(37)18-38-36(31)47-29-6-4-5-23(16-29)30-13-12-28(44)15-24(30)20-42(2)3/h4-7,12-19,21,26-27,44H,8-11,20H2,1-3H3,(H,39,45)(H,40,46). The molecule has 11 heteroatoms. The number of carbonyl (C=O) groups excluding carboxylic acids is 2. The highest BCUT2D eigenvalue weighted by atomic mass is 19.1. The number of aryl methyl sites for hydroxylation is 1. The highest BCUT2D eigenvalue weighted by molar-refractivity contribution is 5.96. The molecule has 0 spiro atoms. The number of nitrogens with one attached hydrogen (secondary N) is 2. The Morgan fingerprint density at radius 1 is 0.979 bits per heavy atom. The smallest absolute Gasteiger partial charge is 0.271 e. The number of phenolic OH excluding ortho intramolecular Hbond substituents is 1. The number of aromatic hydroxyl groups is 1. The maximum atomic E-state index is 14.3. The van der Waals surface area contributed by atoms with Crippen LogP contribution in [0.25, 0.3) is 16.8 Å². The number of ether oxygens (including phenoxy) is 1. The monoisotopic (exact) mass is 636 g/mol. The van der Waals surface area contributed by atoms with Crippen molar-refractivity contribution in [2.75, 3.05) is 14.1 Å². The van der Waals surface area contributed by atoms with E-state index in [1.165, 1.54) is 0 Å². The molecule has 6 rings (SSSR count). The third-order valence-corrected chi connectivity index (χ3v) is 8.23. The zero-order chi connectivity index (χ0) is 33.1.